The van der Waals surface area contributed by atoms with Gasteiger partial charge in [0.25, 0.3) is 0 Å². The van der Waals surface area contributed by atoms with Gasteiger partial charge in [0.2, 0.25) is 0 Å². The van der Waals surface area contributed by atoms with E-state index in [9.17, 15) is 4.79 Å². The zero-order valence-electron chi connectivity index (χ0n) is 10.8. The average Bonchev–Trinajstić information content (AvgIpc) is 2.86. The number of benzene rings is 2. The van der Waals surface area contributed by atoms with Crippen molar-refractivity contribution in [3.05, 3.63) is 59.0 Å². The lowest BCUT2D eigenvalue weighted by molar-refractivity contribution is 0.0702. The van der Waals surface area contributed by atoms with Crippen molar-refractivity contribution < 1.29 is 14.6 Å². The van der Waals surface area contributed by atoms with E-state index in [1.54, 1.807) is 6.07 Å². The standard InChI is InChI=1S/C16H12O3S/c1-10-5-2-3-7-12(10)19-13-8-4-6-11-9-14(16(17)18)20-15(11)13/h2-9H,1H3,(H,17,18). The molecule has 0 atom stereocenters. The highest BCUT2D eigenvalue weighted by molar-refractivity contribution is 7.21. The molecule has 0 saturated heterocycles. The highest BCUT2D eigenvalue weighted by atomic mass is 32.1. The van der Waals surface area contributed by atoms with Crippen molar-refractivity contribution in [2.75, 3.05) is 0 Å². The van der Waals surface area contributed by atoms with E-state index < -0.39 is 5.97 Å². The molecule has 1 aromatic heterocycles. The summed E-state index contributed by atoms with van der Waals surface area (Å²) in [6.45, 7) is 1.98. The normalized spacial score (nSPS) is 10.7. The molecule has 1 N–H and O–H groups in total. The zero-order valence-corrected chi connectivity index (χ0v) is 11.6. The minimum absolute atomic E-state index is 0.320. The van der Waals surface area contributed by atoms with Crippen molar-refractivity contribution in [2.45, 2.75) is 6.92 Å². The maximum atomic E-state index is 11.1. The quantitative estimate of drug-likeness (QED) is 0.758. The molecule has 0 spiro atoms. The third kappa shape index (κ3) is 2.26. The molecule has 0 aliphatic heterocycles. The number of aromatic carboxylic acids is 1. The van der Waals surface area contributed by atoms with E-state index in [4.69, 9.17) is 9.84 Å². The number of rotatable bonds is 3. The van der Waals surface area contributed by atoms with E-state index >= 15 is 0 Å². The van der Waals surface area contributed by atoms with E-state index in [1.807, 2.05) is 49.4 Å². The van der Waals surface area contributed by atoms with Gasteiger partial charge in [0.05, 0.1) is 4.70 Å². The molecule has 0 fully saturated rings. The van der Waals surface area contributed by atoms with Crippen LogP contribution in [0.1, 0.15) is 15.2 Å². The topological polar surface area (TPSA) is 46.5 Å². The summed E-state index contributed by atoms with van der Waals surface area (Å²) in [7, 11) is 0. The molecule has 0 amide bonds. The molecular formula is C16H12O3S. The van der Waals surface area contributed by atoms with Gasteiger partial charge in [-0.1, -0.05) is 30.3 Å². The first kappa shape index (κ1) is 12.7. The zero-order chi connectivity index (χ0) is 14.1. The number of fused-ring (bicyclic) bond motifs is 1. The summed E-state index contributed by atoms with van der Waals surface area (Å²) in [6.07, 6.45) is 0. The molecule has 3 aromatic rings. The smallest absolute Gasteiger partial charge is 0.345 e. The fourth-order valence-corrected chi connectivity index (χ4v) is 2.96. The highest BCUT2D eigenvalue weighted by Crippen LogP contribution is 2.36. The van der Waals surface area contributed by atoms with E-state index in [1.165, 1.54) is 11.3 Å². The predicted molar refractivity (Wildman–Crippen MR) is 80.0 cm³/mol. The summed E-state index contributed by atoms with van der Waals surface area (Å²) in [4.78, 5) is 11.4. The van der Waals surface area contributed by atoms with Gasteiger partial charge in [0, 0.05) is 0 Å². The van der Waals surface area contributed by atoms with Crippen LogP contribution in [0.4, 0.5) is 0 Å². The Labute approximate surface area is 120 Å². The molecule has 3 rings (SSSR count). The summed E-state index contributed by atoms with van der Waals surface area (Å²) in [5.74, 6) is 0.563. The van der Waals surface area contributed by atoms with Crippen molar-refractivity contribution in [3.8, 4) is 11.5 Å². The minimum Gasteiger partial charge on any atom is -0.477 e. The molecule has 100 valence electrons. The number of carboxylic acid groups (broad SMARTS) is 1. The monoisotopic (exact) mass is 284 g/mol. The van der Waals surface area contributed by atoms with E-state index in [2.05, 4.69) is 0 Å². The third-order valence-electron chi connectivity index (χ3n) is 3.03. The number of carbonyl (C=O) groups is 1. The van der Waals surface area contributed by atoms with Gasteiger partial charge in [-0.05, 0) is 36.1 Å². The Morgan fingerprint density at radius 1 is 1.10 bits per heavy atom. The molecule has 20 heavy (non-hydrogen) atoms. The SMILES string of the molecule is Cc1ccccc1Oc1cccc2cc(C(=O)O)sc12. The molecule has 4 heteroatoms. The van der Waals surface area contributed by atoms with Crippen LogP contribution in [0.3, 0.4) is 0 Å². The van der Waals surface area contributed by atoms with Gasteiger partial charge >= 0.3 is 5.97 Å². The lowest BCUT2D eigenvalue weighted by atomic mass is 10.2. The summed E-state index contributed by atoms with van der Waals surface area (Å²) in [5, 5.41) is 9.97. The Bertz CT molecular complexity index is 789. The van der Waals surface area contributed by atoms with Crippen LogP contribution in [0, 0.1) is 6.92 Å². The maximum absolute atomic E-state index is 11.1. The molecule has 0 saturated carbocycles. The molecule has 2 aromatic carbocycles. The number of aryl methyl sites for hydroxylation is 1. The summed E-state index contributed by atoms with van der Waals surface area (Å²) in [6, 6.07) is 15.0. The summed E-state index contributed by atoms with van der Waals surface area (Å²) >= 11 is 1.23. The van der Waals surface area contributed by atoms with Gasteiger partial charge in [-0.3, -0.25) is 0 Å². The van der Waals surface area contributed by atoms with E-state index in [-0.39, 0.29) is 0 Å². The molecule has 0 unspecified atom stereocenters. The Hall–Kier alpha value is -2.33. The summed E-state index contributed by atoms with van der Waals surface area (Å²) < 4.78 is 6.79. The van der Waals surface area contributed by atoms with Gasteiger partial charge in [-0.2, -0.15) is 0 Å². The van der Waals surface area contributed by atoms with E-state index in [0.717, 1.165) is 21.4 Å². The Morgan fingerprint density at radius 3 is 2.60 bits per heavy atom. The molecule has 0 aliphatic rings. The lowest BCUT2D eigenvalue weighted by Crippen LogP contribution is -1.89. The van der Waals surface area contributed by atoms with Gasteiger partial charge < -0.3 is 9.84 Å². The van der Waals surface area contributed by atoms with E-state index in [0.29, 0.717) is 10.6 Å². The Balaban J connectivity index is 2.08. The van der Waals surface area contributed by atoms with Gasteiger partial charge in [0.15, 0.2) is 0 Å². The van der Waals surface area contributed by atoms with Crippen LogP contribution >= 0.6 is 11.3 Å². The fourth-order valence-electron chi connectivity index (χ4n) is 2.01. The van der Waals surface area contributed by atoms with Crippen LogP contribution in [-0.2, 0) is 0 Å². The van der Waals surface area contributed by atoms with Crippen LogP contribution in [-0.4, -0.2) is 11.1 Å². The van der Waals surface area contributed by atoms with Crippen LogP contribution in [0.15, 0.2) is 48.5 Å². The molecule has 1 heterocycles. The first-order valence-corrected chi connectivity index (χ1v) is 6.96. The second-order valence-corrected chi connectivity index (χ2v) is 5.51. The largest absolute Gasteiger partial charge is 0.477 e. The van der Waals surface area contributed by atoms with Crippen LogP contribution < -0.4 is 4.74 Å². The molecular weight excluding hydrogens is 272 g/mol. The first-order chi connectivity index (χ1) is 9.65. The number of ether oxygens (including phenoxy) is 1. The van der Waals surface area contributed by atoms with Crippen molar-refractivity contribution in [3.63, 3.8) is 0 Å². The number of para-hydroxylation sites is 1. The molecule has 0 aliphatic carbocycles. The van der Waals surface area contributed by atoms with Gasteiger partial charge in [-0.15, -0.1) is 11.3 Å². The molecule has 0 bridgehead atoms. The van der Waals surface area contributed by atoms with Crippen molar-refractivity contribution in [1.29, 1.82) is 0 Å². The second-order valence-electron chi connectivity index (χ2n) is 4.46. The van der Waals surface area contributed by atoms with Crippen LogP contribution in [0.5, 0.6) is 11.5 Å². The van der Waals surface area contributed by atoms with Crippen molar-refractivity contribution in [2.24, 2.45) is 0 Å². The number of hydrogen-bond acceptors (Lipinski definition) is 3. The number of thiophene rings is 1. The molecule has 3 nitrogen and oxygen atoms in total. The van der Waals surface area contributed by atoms with Crippen molar-refractivity contribution >= 4 is 27.4 Å². The minimum atomic E-state index is -0.909. The van der Waals surface area contributed by atoms with Gasteiger partial charge in [0.1, 0.15) is 16.4 Å². The van der Waals surface area contributed by atoms with Crippen LogP contribution in [0.2, 0.25) is 0 Å². The Morgan fingerprint density at radius 2 is 1.85 bits per heavy atom. The number of hydrogen-bond donors (Lipinski definition) is 1. The predicted octanol–water partition coefficient (Wildman–Crippen LogP) is 4.70. The van der Waals surface area contributed by atoms with Crippen LogP contribution in [0.25, 0.3) is 10.1 Å². The van der Waals surface area contributed by atoms with Crippen molar-refractivity contribution in [1.82, 2.24) is 0 Å². The first-order valence-electron chi connectivity index (χ1n) is 6.14. The average molecular weight is 284 g/mol. The van der Waals surface area contributed by atoms with Gasteiger partial charge in [-0.25, -0.2) is 4.79 Å². The number of carboxylic acids is 1. The summed E-state index contributed by atoms with van der Waals surface area (Å²) in [5.41, 5.74) is 1.04. The third-order valence-corrected chi connectivity index (χ3v) is 4.19. The Kier molecular flexibility index (Phi) is 3.16. The fraction of sp³-hybridized carbons (Fsp3) is 0.0625. The second kappa shape index (κ2) is 4.98. The highest BCUT2D eigenvalue weighted by Gasteiger charge is 2.12. The maximum Gasteiger partial charge on any atom is 0.345 e. The molecule has 0 radical (unpaired) electrons. The lowest BCUT2D eigenvalue weighted by Gasteiger charge is -2.08.